The van der Waals surface area contributed by atoms with Crippen LogP contribution in [0.4, 0.5) is 5.69 Å². The molecule has 19 heavy (non-hydrogen) atoms. The Kier molecular flexibility index (Phi) is 4.00. The van der Waals surface area contributed by atoms with Crippen LogP contribution in [-0.2, 0) is 0 Å². The number of anilines is 1. The molecular weight excluding hydrogens is 234 g/mol. The van der Waals surface area contributed by atoms with Crippen LogP contribution in [0.5, 0.6) is 0 Å². The van der Waals surface area contributed by atoms with E-state index in [2.05, 4.69) is 12.2 Å². The van der Waals surface area contributed by atoms with Gasteiger partial charge in [-0.3, -0.25) is 4.79 Å². The number of carbonyl (C=O) groups is 1. The van der Waals surface area contributed by atoms with E-state index in [1.807, 2.05) is 56.3 Å². The molecule has 1 N–H and O–H groups in total. The van der Waals surface area contributed by atoms with Crippen LogP contribution >= 0.6 is 0 Å². The van der Waals surface area contributed by atoms with Gasteiger partial charge in [-0.2, -0.15) is 0 Å². The van der Waals surface area contributed by atoms with Crippen molar-refractivity contribution in [3.8, 4) is 0 Å². The SMILES string of the molecule is Cc1cccc(NCC(=O)c2ccc(C)c(C)c2)c1. The second-order valence-electron chi connectivity index (χ2n) is 4.95. The van der Waals surface area contributed by atoms with E-state index in [0.717, 1.165) is 16.8 Å². The van der Waals surface area contributed by atoms with Gasteiger partial charge in [0.05, 0.1) is 6.54 Å². The molecule has 0 amide bonds. The van der Waals surface area contributed by atoms with E-state index in [1.165, 1.54) is 11.1 Å². The van der Waals surface area contributed by atoms with E-state index in [-0.39, 0.29) is 5.78 Å². The Bertz CT molecular complexity index is 602. The molecule has 0 spiro atoms. The number of carbonyl (C=O) groups excluding carboxylic acids is 1. The van der Waals surface area contributed by atoms with Crippen molar-refractivity contribution in [3.05, 3.63) is 64.7 Å². The Balaban J connectivity index is 2.03. The van der Waals surface area contributed by atoms with Crippen LogP contribution in [0, 0.1) is 20.8 Å². The highest BCUT2D eigenvalue weighted by Crippen LogP contribution is 2.12. The molecule has 0 saturated carbocycles. The molecule has 0 bridgehead atoms. The van der Waals surface area contributed by atoms with E-state index in [4.69, 9.17) is 0 Å². The summed E-state index contributed by atoms with van der Waals surface area (Å²) in [6.07, 6.45) is 0. The second-order valence-corrected chi connectivity index (χ2v) is 4.95. The largest absolute Gasteiger partial charge is 0.378 e. The molecule has 2 nitrogen and oxygen atoms in total. The Morgan fingerprint density at radius 1 is 1.00 bits per heavy atom. The second kappa shape index (κ2) is 5.70. The zero-order chi connectivity index (χ0) is 13.8. The lowest BCUT2D eigenvalue weighted by Gasteiger charge is -2.08. The van der Waals surface area contributed by atoms with Crippen molar-refractivity contribution in [1.29, 1.82) is 0 Å². The number of hydrogen-bond acceptors (Lipinski definition) is 2. The Hall–Kier alpha value is -2.09. The van der Waals surface area contributed by atoms with Crippen molar-refractivity contribution < 1.29 is 4.79 Å². The predicted octanol–water partition coefficient (Wildman–Crippen LogP) is 3.91. The number of Topliss-reactive ketones (excluding diaryl/α,β-unsaturated/α-hetero) is 1. The fraction of sp³-hybridized carbons (Fsp3) is 0.235. The number of ketones is 1. The summed E-state index contributed by atoms with van der Waals surface area (Å²) in [5, 5.41) is 3.17. The van der Waals surface area contributed by atoms with Gasteiger partial charge in [0.2, 0.25) is 0 Å². The average molecular weight is 253 g/mol. The van der Waals surface area contributed by atoms with Crippen LogP contribution in [0.15, 0.2) is 42.5 Å². The summed E-state index contributed by atoms with van der Waals surface area (Å²) in [5.74, 6) is 0.115. The smallest absolute Gasteiger partial charge is 0.181 e. The molecule has 0 aromatic heterocycles. The summed E-state index contributed by atoms with van der Waals surface area (Å²) in [4.78, 5) is 12.1. The van der Waals surface area contributed by atoms with Gasteiger partial charge in [-0.05, 0) is 55.7 Å². The Morgan fingerprint density at radius 3 is 2.47 bits per heavy atom. The monoisotopic (exact) mass is 253 g/mol. The zero-order valence-electron chi connectivity index (χ0n) is 11.7. The van der Waals surface area contributed by atoms with Crippen LogP contribution in [-0.4, -0.2) is 12.3 Å². The Morgan fingerprint density at radius 2 is 1.79 bits per heavy atom. The van der Waals surface area contributed by atoms with Gasteiger partial charge in [-0.15, -0.1) is 0 Å². The first-order valence-electron chi connectivity index (χ1n) is 6.47. The number of benzene rings is 2. The van der Waals surface area contributed by atoms with Crippen LogP contribution < -0.4 is 5.32 Å². The number of aryl methyl sites for hydroxylation is 3. The van der Waals surface area contributed by atoms with Gasteiger partial charge in [0.25, 0.3) is 0 Å². The summed E-state index contributed by atoms with van der Waals surface area (Å²) < 4.78 is 0. The van der Waals surface area contributed by atoms with E-state index in [0.29, 0.717) is 6.54 Å². The third-order valence-electron chi connectivity index (χ3n) is 3.30. The molecule has 0 radical (unpaired) electrons. The molecule has 0 fully saturated rings. The number of rotatable bonds is 4. The minimum Gasteiger partial charge on any atom is -0.378 e. The lowest BCUT2D eigenvalue weighted by atomic mass is 10.0. The van der Waals surface area contributed by atoms with Crippen LogP contribution in [0.1, 0.15) is 27.0 Å². The highest BCUT2D eigenvalue weighted by atomic mass is 16.1. The Labute approximate surface area is 114 Å². The highest BCUT2D eigenvalue weighted by Gasteiger charge is 2.06. The molecule has 2 aromatic carbocycles. The molecule has 98 valence electrons. The minimum atomic E-state index is 0.115. The summed E-state index contributed by atoms with van der Waals surface area (Å²) >= 11 is 0. The van der Waals surface area contributed by atoms with E-state index < -0.39 is 0 Å². The first-order chi connectivity index (χ1) is 9.06. The topological polar surface area (TPSA) is 29.1 Å². The van der Waals surface area contributed by atoms with Gasteiger partial charge in [-0.1, -0.05) is 24.3 Å². The van der Waals surface area contributed by atoms with Crippen LogP contribution in [0.2, 0.25) is 0 Å². The van der Waals surface area contributed by atoms with Gasteiger partial charge in [0.15, 0.2) is 5.78 Å². The quantitative estimate of drug-likeness (QED) is 0.837. The summed E-state index contributed by atoms with van der Waals surface area (Å²) in [5.41, 5.74) is 5.30. The summed E-state index contributed by atoms with van der Waals surface area (Å²) in [6.45, 7) is 6.44. The molecule has 0 unspecified atom stereocenters. The average Bonchev–Trinajstić information content (AvgIpc) is 2.39. The van der Waals surface area contributed by atoms with Gasteiger partial charge in [0.1, 0.15) is 0 Å². The van der Waals surface area contributed by atoms with Crippen molar-refractivity contribution in [1.82, 2.24) is 0 Å². The van der Waals surface area contributed by atoms with E-state index in [9.17, 15) is 4.79 Å². The summed E-state index contributed by atoms with van der Waals surface area (Å²) in [7, 11) is 0. The summed E-state index contributed by atoms with van der Waals surface area (Å²) in [6, 6.07) is 13.9. The third kappa shape index (κ3) is 3.44. The lowest BCUT2D eigenvalue weighted by molar-refractivity contribution is 0.101. The molecule has 0 aliphatic carbocycles. The molecule has 0 aliphatic heterocycles. The van der Waals surface area contributed by atoms with Gasteiger partial charge in [-0.25, -0.2) is 0 Å². The minimum absolute atomic E-state index is 0.115. The zero-order valence-corrected chi connectivity index (χ0v) is 11.7. The molecular formula is C17H19NO. The highest BCUT2D eigenvalue weighted by molar-refractivity contribution is 5.99. The molecule has 0 heterocycles. The maximum absolute atomic E-state index is 12.1. The molecule has 2 rings (SSSR count). The third-order valence-corrected chi connectivity index (χ3v) is 3.30. The van der Waals surface area contributed by atoms with E-state index in [1.54, 1.807) is 0 Å². The van der Waals surface area contributed by atoms with Gasteiger partial charge in [0, 0.05) is 11.3 Å². The fourth-order valence-electron chi connectivity index (χ4n) is 1.95. The van der Waals surface area contributed by atoms with Crippen LogP contribution in [0.25, 0.3) is 0 Å². The fourth-order valence-corrected chi connectivity index (χ4v) is 1.95. The van der Waals surface area contributed by atoms with Gasteiger partial charge < -0.3 is 5.32 Å². The normalized spacial score (nSPS) is 10.3. The van der Waals surface area contributed by atoms with Crippen molar-refractivity contribution in [2.75, 3.05) is 11.9 Å². The molecule has 0 atom stereocenters. The maximum Gasteiger partial charge on any atom is 0.181 e. The first-order valence-corrected chi connectivity index (χ1v) is 6.47. The molecule has 0 aliphatic rings. The lowest BCUT2D eigenvalue weighted by Crippen LogP contribution is -2.14. The first kappa shape index (κ1) is 13.3. The molecule has 2 heteroatoms. The van der Waals surface area contributed by atoms with Crippen molar-refractivity contribution >= 4 is 11.5 Å². The predicted molar refractivity (Wildman–Crippen MR) is 79.9 cm³/mol. The molecule has 0 saturated heterocycles. The number of hydrogen-bond donors (Lipinski definition) is 1. The van der Waals surface area contributed by atoms with Crippen molar-refractivity contribution in [2.45, 2.75) is 20.8 Å². The van der Waals surface area contributed by atoms with Crippen molar-refractivity contribution in [3.63, 3.8) is 0 Å². The maximum atomic E-state index is 12.1. The van der Waals surface area contributed by atoms with E-state index >= 15 is 0 Å². The molecule has 2 aromatic rings. The van der Waals surface area contributed by atoms with Crippen LogP contribution in [0.3, 0.4) is 0 Å². The number of nitrogens with one attached hydrogen (secondary N) is 1. The standard InChI is InChI=1S/C17H19NO/c1-12-5-4-6-16(9-12)18-11-17(19)15-8-7-13(2)14(3)10-15/h4-10,18H,11H2,1-3H3. The van der Waals surface area contributed by atoms with Gasteiger partial charge >= 0.3 is 0 Å². The van der Waals surface area contributed by atoms with Crippen molar-refractivity contribution in [2.24, 2.45) is 0 Å².